The molecule has 0 radical (unpaired) electrons. The van der Waals surface area contributed by atoms with Gasteiger partial charge in [0.2, 0.25) is 0 Å². The summed E-state index contributed by atoms with van der Waals surface area (Å²) in [7, 11) is 0. The summed E-state index contributed by atoms with van der Waals surface area (Å²) in [6, 6.07) is 3.77. The second kappa shape index (κ2) is 7.74. The maximum absolute atomic E-state index is 10.0. The molecule has 1 aromatic carbocycles. The number of allylic oxidation sites excluding steroid dienone is 4. The van der Waals surface area contributed by atoms with Gasteiger partial charge in [0.1, 0.15) is 17.1 Å². The predicted molar refractivity (Wildman–Crippen MR) is 103 cm³/mol. The molecule has 0 bridgehead atoms. The molecule has 0 amide bonds. The zero-order valence-electron chi connectivity index (χ0n) is 15.6. The molecule has 1 aromatic rings. The van der Waals surface area contributed by atoms with Gasteiger partial charge in [0.05, 0.1) is 5.56 Å². The molecule has 0 fully saturated rings. The smallest absolute Gasteiger partial charge is 0.131 e. The molecule has 24 heavy (non-hydrogen) atoms. The van der Waals surface area contributed by atoms with Crippen molar-refractivity contribution in [2.75, 3.05) is 0 Å². The van der Waals surface area contributed by atoms with Gasteiger partial charge in [-0.15, -0.1) is 0 Å². The second-order valence-electron chi connectivity index (χ2n) is 7.35. The highest BCUT2D eigenvalue weighted by Gasteiger charge is 2.27. The van der Waals surface area contributed by atoms with Crippen LogP contribution < -0.4 is 4.74 Å². The van der Waals surface area contributed by atoms with Gasteiger partial charge in [0, 0.05) is 0 Å². The van der Waals surface area contributed by atoms with Gasteiger partial charge in [0.15, 0.2) is 0 Å². The predicted octanol–water partition coefficient (Wildman–Crippen LogP) is 6.34. The third-order valence-corrected chi connectivity index (χ3v) is 4.44. The van der Waals surface area contributed by atoms with Gasteiger partial charge >= 0.3 is 0 Å². The van der Waals surface area contributed by atoms with Crippen LogP contribution in [-0.2, 0) is 0 Å². The zero-order valence-corrected chi connectivity index (χ0v) is 15.6. The van der Waals surface area contributed by atoms with Gasteiger partial charge in [0.25, 0.3) is 0 Å². The van der Waals surface area contributed by atoms with Crippen LogP contribution in [0.3, 0.4) is 0 Å². The van der Waals surface area contributed by atoms with Crippen molar-refractivity contribution in [2.45, 2.75) is 65.9 Å². The van der Waals surface area contributed by atoms with E-state index in [1.54, 1.807) is 6.07 Å². The number of aromatic hydroxyl groups is 1. The van der Waals surface area contributed by atoms with Crippen LogP contribution in [0.1, 0.15) is 64.5 Å². The first-order valence-corrected chi connectivity index (χ1v) is 8.80. The Kier molecular flexibility index (Phi) is 5.93. The Bertz CT molecular complexity index is 675. The lowest BCUT2D eigenvalue weighted by Gasteiger charge is -2.32. The van der Waals surface area contributed by atoms with Crippen LogP contribution in [0.5, 0.6) is 11.5 Å². The van der Waals surface area contributed by atoms with Crippen LogP contribution in [0, 0.1) is 6.92 Å². The van der Waals surface area contributed by atoms with E-state index in [0.717, 1.165) is 42.6 Å². The summed E-state index contributed by atoms with van der Waals surface area (Å²) >= 11 is 0. The number of benzene rings is 1. The van der Waals surface area contributed by atoms with Crippen molar-refractivity contribution in [2.24, 2.45) is 0 Å². The quantitative estimate of drug-likeness (QED) is 0.618. The highest BCUT2D eigenvalue weighted by molar-refractivity contribution is 5.67. The summed E-state index contributed by atoms with van der Waals surface area (Å²) in [5.41, 5.74) is 4.30. The van der Waals surface area contributed by atoms with Gasteiger partial charge in [-0.25, -0.2) is 0 Å². The first-order chi connectivity index (χ1) is 11.3. The minimum Gasteiger partial charge on any atom is -0.507 e. The molecule has 2 heteroatoms. The molecule has 1 atom stereocenters. The van der Waals surface area contributed by atoms with E-state index in [0.29, 0.717) is 5.75 Å². The lowest BCUT2D eigenvalue weighted by molar-refractivity contribution is 0.128. The monoisotopic (exact) mass is 326 g/mol. The molecule has 0 aliphatic carbocycles. The van der Waals surface area contributed by atoms with Crippen molar-refractivity contribution in [1.82, 2.24) is 0 Å². The number of aryl methyl sites for hydroxylation is 1. The molecule has 0 saturated heterocycles. The Morgan fingerprint density at radius 3 is 2.62 bits per heavy atom. The molecule has 0 spiro atoms. The third-order valence-electron chi connectivity index (χ3n) is 4.44. The Hall–Kier alpha value is -1.96. The summed E-state index contributed by atoms with van der Waals surface area (Å²) in [5.74, 6) is 1.07. The van der Waals surface area contributed by atoms with Crippen molar-refractivity contribution in [3.05, 3.63) is 52.6 Å². The first-order valence-electron chi connectivity index (χ1n) is 8.80. The van der Waals surface area contributed by atoms with E-state index in [1.807, 2.05) is 19.1 Å². The summed E-state index contributed by atoms with van der Waals surface area (Å²) in [6.45, 7) is 10.6. The van der Waals surface area contributed by atoms with Crippen LogP contribution in [0.25, 0.3) is 6.08 Å². The van der Waals surface area contributed by atoms with Crippen LogP contribution in [0.15, 0.2) is 41.5 Å². The van der Waals surface area contributed by atoms with Crippen LogP contribution in [0.4, 0.5) is 0 Å². The molecule has 1 N–H and O–H groups in total. The standard InChI is InChI=1S/C22H30O2/c1-16(2)8-6-9-17(3)10-7-12-22(5)13-11-19-20(23)14-18(4)15-21(19)24-22/h8,10-11,13-15,23H,6-7,9,12H2,1-5H3/b17-10+. The van der Waals surface area contributed by atoms with Gasteiger partial charge < -0.3 is 9.84 Å². The van der Waals surface area contributed by atoms with Gasteiger partial charge in [-0.3, -0.25) is 0 Å². The van der Waals surface area contributed by atoms with Gasteiger partial charge in [-0.05, 0) is 90.2 Å². The molecule has 1 aliphatic heterocycles. The van der Waals surface area contributed by atoms with E-state index in [2.05, 4.69) is 45.9 Å². The van der Waals surface area contributed by atoms with Crippen molar-refractivity contribution >= 4 is 6.08 Å². The fourth-order valence-corrected chi connectivity index (χ4v) is 2.97. The molecule has 0 saturated carbocycles. The van der Waals surface area contributed by atoms with Crippen molar-refractivity contribution in [1.29, 1.82) is 0 Å². The second-order valence-corrected chi connectivity index (χ2v) is 7.35. The van der Waals surface area contributed by atoms with E-state index in [4.69, 9.17) is 4.74 Å². The number of hydrogen-bond acceptors (Lipinski definition) is 2. The first kappa shape index (κ1) is 18.4. The molecule has 1 heterocycles. The average Bonchev–Trinajstić information content (AvgIpc) is 2.45. The van der Waals surface area contributed by atoms with Crippen LogP contribution in [0.2, 0.25) is 0 Å². The minimum absolute atomic E-state index is 0.290. The third kappa shape index (κ3) is 5.02. The molecular formula is C22H30O2. The fraction of sp³-hybridized carbons (Fsp3) is 0.455. The van der Waals surface area contributed by atoms with E-state index in [-0.39, 0.29) is 5.60 Å². The Balaban J connectivity index is 1.95. The Labute approximate surface area is 146 Å². The van der Waals surface area contributed by atoms with Crippen molar-refractivity contribution in [3.8, 4) is 11.5 Å². The Morgan fingerprint density at radius 1 is 1.17 bits per heavy atom. The molecular weight excluding hydrogens is 296 g/mol. The Morgan fingerprint density at radius 2 is 1.92 bits per heavy atom. The maximum atomic E-state index is 10.0. The zero-order chi connectivity index (χ0) is 17.7. The van der Waals surface area contributed by atoms with Crippen molar-refractivity contribution < 1.29 is 9.84 Å². The topological polar surface area (TPSA) is 29.5 Å². The average molecular weight is 326 g/mol. The molecule has 2 rings (SSSR count). The number of ether oxygens (including phenoxy) is 1. The van der Waals surface area contributed by atoms with E-state index >= 15 is 0 Å². The summed E-state index contributed by atoms with van der Waals surface area (Å²) in [5, 5.41) is 10.0. The minimum atomic E-state index is -0.316. The largest absolute Gasteiger partial charge is 0.507 e. The number of phenolic OH excluding ortho intramolecular Hbond substituents is 1. The summed E-state index contributed by atoms with van der Waals surface area (Å²) in [6.07, 6.45) is 12.8. The fourth-order valence-electron chi connectivity index (χ4n) is 2.97. The SMILES string of the molecule is CC(C)=CCC/C(C)=C/CCC1(C)C=Cc2c(O)cc(C)cc2O1. The van der Waals surface area contributed by atoms with Crippen LogP contribution in [-0.4, -0.2) is 10.7 Å². The molecule has 2 nitrogen and oxygen atoms in total. The number of hydrogen-bond donors (Lipinski definition) is 1. The highest BCUT2D eigenvalue weighted by atomic mass is 16.5. The van der Waals surface area contributed by atoms with Crippen LogP contribution >= 0.6 is 0 Å². The normalized spacial score (nSPS) is 19.6. The van der Waals surface area contributed by atoms with E-state index in [1.165, 1.54) is 11.1 Å². The number of phenols is 1. The molecule has 0 aromatic heterocycles. The van der Waals surface area contributed by atoms with E-state index < -0.39 is 0 Å². The number of rotatable bonds is 6. The summed E-state index contributed by atoms with van der Waals surface area (Å²) < 4.78 is 6.19. The molecule has 130 valence electrons. The van der Waals surface area contributed by atoms with Crippen molar-refractivity contribution in [3.63, 3.8) is 0 Å². The number of fused-ring (bicyclic) bond motifs is 1. The highest BCUT2D eigenvalue weighted by Crippen LogP contribution is 2.38. The molecule has 1 aliphatic rings. The van der Waals surface area contributed by atoms with E-state index in [9.17, 15) is 5.11 Å². The maximum Gasteiger partial charge on any atom is 0.131 e. The summed E-state index contributed by atoms with van der Waals surface area (Å²) in [4.78, 5) is 0. The lowest BCUT2D eigenvalue weighted by Crippen LogP contribution is -2.31. The lowest BCUT2D eigenvalue weighted by atomic mass is 9.93. The van der Waals surface area contributed by atoms with Gasteiger partial charge in [-0.2, -0.15) is 0 Å². The molecule has 1 unspecified atom stereocenters. The van der Waals surface area contributed by atoms with Gasteiger partial charge in [-0.1, -0.05) is 23.3 Å².